The van der Waals surface area contributed by atoms with E-state index in [0.29, 0.717) is 11.3 Å². The summed E-state index contributed by atoms with van der Waals surface area (Å²) in [4.78, 5) is 10.9. The van der Waals surface area contributed by atoms with Crippen LogP contribution in [0.5, 0.6) is 11.5 Å². The van der Waals surface area contributed by atoms with Gasteiger partial charge in [0, 0.05) is 11.6 Å². The molecule has 0 fully saturated rings. The van der Waals surface area contributed by atoms with Gasteiger partial charge < -0.3 is 9.47 Å². The van der Waals surface area contributed by atoms with Crippen molar-refractivity contribution >= 4 is 17.6 Å². The summed E-state index contributed by atoms with van der Waals surface area (Å²) in [6.07, 6.45) is 1.29. The van der Waals surface area contributed by atoms with Crippen LogP contribution in [0.25, 0.3) is 0 Å². The van der Waals surface area contributed by atoms with Crippen molar-refractivity contribution in [3.63, 3.8) is 0 Å². The van der Waals surface area contributed by atoms with Gasteiger partial charge in [0.15, 0.2) is 5.75 Å². The Kier molecular flexibility index (Phi) is 6.16. The van der Waals surface area contributed by atoms with Crippen LogP contribution < -0.4 is 14.9 Å². The van der Waals surface area contributed by atoms with E-state index >= 15 is 0 Å². The molecule has 2 rings (SSSR count). The van der Waals surface area contributed by atoms with Crippen molar-refractivity contribution in [2.75, 3.05) is 12.5 Å². The average molecular weight is 357 g/mol. The second kappa shape index (κ2) is 8.33. The van der Waals surface area contributed by atoms with Crippen molar-refractivity contribution in [3.8, 4) is 11.5 Å². The lowest BCUT2D eigenvalue weighted by atomic mass is 10.1. The molecule has 0 spiro atoms. The highest BCUT2D eigenvalue weighted by Crippen LogP contribution is 2.38. The van der Waals surface area contributed by atoms with Gasteiger partial charge in [-0.3, -0.25) is 15.5 Å². The van der Waals surface area contributed by atoms with E-state index < -0.39 is 4.92 Å². The predicted molar refractivity (Wildman–Crippen MR) is 103 cm³/mol. The number of rotatable bonds is 7. The molecule has 138 valence electrons. The molecule has 0 aromatic heterocycles. The lowest BCUT2D eigenvalue weighted by Gasteiger charge is -2.14. The minimum absolute atomic E-state index is 0.117. The number of nitrogens with zero attached hydrogens (tertiary/aromatic N) is 2. The number of hydrogen-bond donors (Lipinski definition) is 1. The molecule has 0 radical (unpaired) electrons. The van der Waals surface area contributed by atoms with E-state index in [-0.39, 0.29) is 17.5 Å². The minimum Gasteiger partial charge on any atom is -0.493 e. The molecule has 0 unspecified atom stereocenters. The number of methoxy groups -OCH3 is 1. The summed E-state index contributed by atoms with van der Waals surface area (Å²) in [5.41, 5.74) is 6.47. The smallest absolute Gasteiger partial charge is 0.315 e. The molecule has 2 aromatic carbocycles. The quantitative estimate of drug-likeness (QED) is 0.449. The maximum atomic E-state index is 11.4. The van der Waals surface area contributed by atoms with Crippen molar-refractivity contribution in [2.24, 2.45) is 5.10 Å². The molecule has 1 N–H and O–H groups in total. The molecule has 26 heavy (non-hydrogen) atoms. The maximum Gasteiger partial charge on any atom is 0.315 e. The summed E-state index contributed by atoms with van der Waals surface area (Å²) < 4.78 is 10.8. The van der Waals surface area contributed by atoms with E-state index in [4.69, 9.17) is 9.47 Å². The number of hydrazone groups is 1. The molecule has 0 atom stereocenters. The molecule has 0 aliphatic rings. The number of anilines is 1. The van der Waals surface area contributed by atoms with Crippen molar-refractivity contribution in [1.82, 2.24) is 0 Å². The zero-order valence-electron chi connectivity index (χ0n) is 15.6. The fraction of sp³-hybridized carbons (Fsp3) is 0.316. The Balaban J connectivity index is 2.29. The van der Waals surface area contributed by atoms with Crippen LogP contribution in [0.1, 0.15) is 30.5 Å². The second-order valence-electron chi connectivity index (χ2n) is 6.16. The van der Waals surface area contributed by atoms with Gasteiger partial charge in [-0.15, -0.1) is 0 Å². The standard InChI is InChI=1S/C19H23N3O4/c1-12(2)26-19-17(22(23)24)9-15(10-18(19)25-5)11-20-21-16-7-6-13(3)14(4)8-16/h6-12,21H,1-5H3/b20-11+. The number of nitro benzene ring substituents is 1. The molecular weight excluding hydrogens is 334 g/mol. The minimum atomic E-state index is -0.492. The first kappa shape index (κ1) is 19.2. The molecule has 7 heteroatoms. The first-order valence-corrected chi connectivity index (χ1v) is 8.21. The SMILES string of the molecule is COc1cc(/C=N/Nc2ccc(C)c(C)c2)cc([N+](=O)[O-])c1OC(C)C. The Labute approximate surface area is 152 Å². The van der Waals surface area contributed by atoms with Crippen LogP contribution in [-0.4, -0.2) is 24.4 Å². The molecule has 0 saturated carbocycles. The Morgan fingerprint density at radius 2 is 1.92 bits per heavy atom. The average Bonchev–Trinajstić information content (AvgIpc) is 2.58. The van der Waals surface area contributed by atoms with E-state index in [9.17, 15) is 10.1 Å². The Bertz CT molecular complexity index is 832. The fourth-order valence-corrected chi connectivity index (χ4v) is 2.32. The Morgan fingerprint density at radius 1 is 1.19 bits per heavy atom. The first-order valence-electron chi connectivity index (χ1n) is 8.21. The molecule has 7 nitrogen and oxygen atoms in total. The highest BCUT2D eigenvalue weighted by Gasteiger charge is 2.22. The summed E-state index contributed by atoms with van der Waals surface area (Å²) in [5.74, 6) is 0.410. The Morgan fingerprint density at radius 3 is 2.50 bits per heavy atom. The van der Waals surface area contributed by atoms with Gasteiger partial charge in [-0.2, -0.15) is 5.10 Å². The van der Waals surface area contributed by atoms with Crippen molar-refractivity contribution in [1.29, 1.82) is 0 Å². The second-order valence-corrected chi connectivity index (χ2v) is 6.16. The predicted octanol–water partition coefficient (Wildman–Crippen LogP) is 4.45. The zero-order chi connectivity index (χ0) is 19.3. The Hall–Kier alpha value is -3.09. The van der Waals surface area contributed by atoms with Crippen LogP contribution in [0.4, 0.5) is 11.4 Å². The lowest BCUT2D eigenvalue weighted by molar-refractivity contribution is -0.386. The highest BCUT2D eigenvalue weighted by atomic mass is 16.6. The van der Waals surface area contributed by atoms with Gasteiger partial charge in [0.05, 0.1) is 30.0 Å². The first-order chi connectivity index (χ1) is 12.3. The molecule has 0 heterocycles. The number of nitrogens with one attached hydrogen (secondary N) is 1. The van der Waals surface area contributed by atoms with Crippen molar-refractivity contribution in [3.05, 3.63) is 57.1 Å². The van der Waals surface area contributed by atoms with Gasteiger partial charge >= 0.3 is 5.69 Å². The van der Waals surface area contributed by atoms with E-state index in [0.717, 1.165) is 11.3 Å². The number of aryl methyl sites for hydroxylation is 2. The summed E-state index contributed by atoms with van der Waals surface area (Å²) in [7, 11) is 1.44. The number of benzene rings is 2. The largest absolute Gasteiger partial charge is 0.493 e. The van der Waals surface area contributed by atoms with E-state index in [2.05, 4.69) is 10.5 Å². The van der Waals surface area contributed by atoms with Crippen molar-refractivity contribution < 1.29 is 14.4 Å². The monoisotopic (exact) mass is 357 g/mol. The number of hydrogen-bond acceptors (Lipinski definition) is 6. The van der Waals surface area contributed by atoms with Crippen LogP contribution >= 0.6 is 0 Å². The molecular formula is C19H23N3O4. The molecule has 0 aliphatic carbocycles. The third-order valence-corrected chi connectivity index (χ3v) is 3.74. The van der Waals surface area contributed by atoms with Gasteiger partial charge in [0.25, 0.3) is 0 Å². The third-order valence-electron chi connectivity index (χ3n) is 3.74. The van der Waals surface area contributed by atoms with Gasteiger partial charge in [-0.1, -0.05) is 6.07 Å². The number of nitro groups is 1. The summed E-state index contributed by atoms with van der Waals surface area (Å²) in [6, 6.07) is 8.96. The normalized spacial score (nSPS) is 11.0. The van der Waals surface area contributed by atoms with Crippen LogP contribution in [0.2, 0.25) is 0 Å². The van der Waals surface area contributed by atoms with Gasteiger partial charge in [-0.05, 0) is 57.0 Å². The lowest BCUT2D eigenvalue weighted by Crippen LogP contribution is -2.09. The molecule has 0 saturated heterocycles. The van der Waals surface area contributed by atoms with E-state index in [1.165, 1.54) is 25.0 Å². The van der Waals surface area contributed by atoms with Crippen LogP contribution in [0.15, 0.2) is 35.4 Å². The van der Waals surface area contributed by atoms with E-state index in [1.807, 2.05) is 32.0 Å². The fourth-order valence-electron chi connectivity index (χ4n) is 2.32. The van der Waals surface area contributed by atoms with Crippen LogP contribution in [-0.2, 0) is 0 Å². The summed E-state index contributed by atoms with van der Waals surface area (Å²) in [5, 5.41) is 15.6. The molecule has 0 amide bonds. The summed E-state index contributed by atoms with van der Waals surface area (Å²) >= 11 is 0. The molecule has 0 aliphatic heterocycles. The molecule has 2 aromatic rings. The zero-order valence-corrected chi connectivity index (χ0v) is 15.6. The third kappa shape index (κ3) is 4.72. The topological polar surface area (TPSA) is 86.0 Å². The summed E-state index contributed by atoms with van der Waals surface area (Å²) in [6.45, 7) is 7.65. The molecule has 0 bridgehead atoms. The van der Waals surface area contributed by atoms with Crippen molar-refractivity contribution in [2.45, 2.75) is 33.8 Å². The van der Waals surface area contributed by atoms with Gasteiger partial charge in [0.1, 0.15) is 0 Å². The number of ether oxygens (including phenoxy) is 2. The van der Waals surface area contributed by atoms with Crippen LogP contribution in [0.3, 0.4) is 0 Å². The maximum absolute atomic E-state index is 11.4. The van der Waals surface area contributed by atoms with E-state index in [1.54, 1.807) is 19.9 Å². The van der Waals surface area contributed by atoms with Gasteiger partial charge in [-0.25, -0.2) is 0 Å². The van der Waals surface area contributed by atoms with Gasteiger partial charge in [0.2, 0.25) is 5.75 Å². The van der Waals surface area contributed by atoms with Crippen LogP contribution in [0, 0.1) is 24.0 Å². The highest BCUT2D eigenvalue weighted by molar-refractivity contribution is 5.83.